The molecule has 1 amide bonds. The summed E-state index contributed by atoms with van der Waals surface area (Å²) in [6, 6.07) is 11.4. The molecule has 0 radical (unpaired) electrons. The van der Waals surface area contributed by atoms with Crippen LogP contribution in [0.4, 0.5) is 0 Å². The second kappa shape index (κ2) is 6.91. The Bertz CT molecular complexity index is 780. The van der Waals surface area contributed by atoms with Crippen molar-refractivity contribution in [2.75, 3.05) is 13.7 Å². The van der Waals surface area contributed by atoms with Gasteiger partial charge in [0.05, 0.1) is 7.11 Å². The number of hydrogen-bond donors (Lipinski definition) is 1. The van der Waals surface area contributed by atoms with Gasteiger partial charge in [0.2, 0.25) is 0 Å². The minimum absolute atomic E-state index is 0.131. The highest BCUT2D eigenvalue weighted by Gasteiger charge is 2.30. The molecule has 0 bridgehead atoms. The molecule has 5 nitrogen and oxygen atoms in total. The number of hydrogen-bond acceptors (Lipinski definition) is 3. The van der Waals surface area contributed by atoms with Gasteiger partial charge in [0.1, 0.15) is 11.3 Å². The number of aryl methyl sites for hydroxylation is 1. The molecule has 1 saturated heterocycles. The molecule has 24 heavy (non-hydrogen) atoms. The standard InChI is InChI=1S/C19H22N2O3/c1-13-5-10-17(18(22)20-13)19(23)21-11-3-4-15(21)12-14-6-8-16(24-2)9-7-14/h5-10,15H,3-4,11-12H2,1-2H3,(H,20,22). The van der Waals surface area contributed by atoms with Crippen molar-refractivity contribution >= 4 is 5.91 Å². The molecule has 0 spiro atoms. The first kappa shape index (κ1) is 16.3. The van der Waals surface area contributed by atoms with E-state index in [1.807, 2.05) is 29.2 Å². The van der Waals surface area contributed by atoms with Crippen molar-refractivity contribution in [1.29, 1.82) is 0 Å². The van der Waals surface area contributed by atoms with Gasteiger partial charge in [0.25, 0.3) is 11.5 Å². The number of rotatable bonds is 4. The highest BCUT2D eigenvalue weighted by Crippen LogP contribution is 2.23. The quantitative estimate of drug-likeness (QED) is 0.939. The number of pyridine rings is 1. The molecule has 1 unspecified atom stereocenters. The SMILES string of the molecule is COc1ccc(CC2CCCN2C(=O)c2ccc(C)[nH]c2=O)cc1. The van der Waals surface area contributed by atoms with Crippen LogP contribution in [0.3, 0.4) is 0 Å². The lowest BCUT2D eigenvalue weighted by Gasteiger charge is -2.24. The van der Waals surface area contributed by atoms with Crippen LogP contribution in [0.2, 0.25) is 0 Å². The van der Waals surface area contributed by atoms with Crippen molar-refractivity contribution in [1.82, 2.24) is 9.88 Å². The second-order valence-corrected chi connectivity index (χ2v) is 6.23. The lowest BCUT2D eigenvalue weighted by Crippen LogP contribution is -2.39. The molecule has 1 aromatic heterocycles. The van der Waals surface area contributed by atoms with Gasteiger partial charge < -0.3 is 14.6 Å². The van der Waals surface area contributed by atoms with E-state index in [0.29, 0.717) is 6.54 Å². The number of aromatic amines is 1. The third-order valence-electron chi connectivity index (χ3n) is 4.55. The van der Waals surface area contributed by atoms with Gasteiger partial charge in [-0.3, -0.25) is 9.59 Å². The van der Waals surface area contributed by atoms with Crippen LogP contribution in [-0.4, -0.2) is 35.5 Å². The largest absolute Gasteiger partial charge is 0.497 e. The zero-order valence-corrected chi connectivity index (χ0v) is 14.0. The maximum atomic E-state index is 12.8. The zero-order valence-electron chi connectivity index (χ0n) is 14.0. The van der Waals surface area contributed by atoms with Gasteiger partial charge in [-0.1, -0.05) is 12.1 Å². The number of carbonyl (C=O) groups excluding carboxylic acids is 1. The highest BCUT2D eigenvalue weighted by atomic mass is 16.5. The topological polar surface area (TPSA) is 62.4 Å². The minimum atomic E-state index is -0.310. The minimum Gasteiger partial charge on any atom is -0.497 e. The van der Waals surface area contributed by atoms with E-state index in [1.165, 1.54) is 5.56 Å². The Hall–Kier alpha value is -2.56. The van der Waals surface area contributed by atoms with Gasteiger partial charge in [-0.05, 0) is 56.0 Å². The fourth-order valence-electron chi connectivity index (χ4n) is 3.24. The second-order valence-electron chi connectivity index (χ2n) is 6.23. The first-order valence-electron chi connectivity index (χ1n) is 8.22. The number of likely N-dealkylation sites (tertiary alicyclic amines) is 1. The predicted molar refractivity (Wildman–Crippen MR) is 92.6 cm³/mol. The summed E-state index contributed by atoms with van der Waals surface area (Å²) in [6.45, 7) is 2.50. The number of amides is 1. The fraction of sp³-hybridized carbons (Fsp3) is 0.368. The van der Waals surface area contributed by atoms with Crippen molar-refractivity contribution in [3.8, 4) is 5.75 Å². The van der Waals surface area contributed by atoms with Gasteiger partial charge in [-0.15, -0.1) is 0 Å². The number of H-pyrrole nitrogens is 1. The number of aromatic nitrogens is 1. The maximum Gasteiger partial charge on any atom is 0.260 e. The van der Waals surface area contributed by atoms with E-state index in [4.69, 9.17) is 4.74 Å². The van der Waals surface area contributed by atoms with Crippen LogP contribution < -0.4 is 10.3 Å². The Kier molecular flexibility index (Phi) is 4.69. The Morgan fingerprint density at radius 2 is 2.00 bits per heavy atom. The molecule has 2 heterocycles. The monoisotopic (exact) mass is 326 g/mol. The molecule has 0 aliphatic carbocycles. The fourth-order valence-corrected chi connectivity index (χ4v) is 3.24. The van der Waals surface area contributed by atoms with Crippen LogP contribution in [0.5, 0.6) is 5.75 Å². The van der Waals surface area contributed by atoms with E-state index in [0.717, 1.165) is 30.7 Å². The average Bonchev–Trinajstić information content (AvgIpc) is 3.03. The lowest BCUT2D eigenvalue weighted by molar-refractivity contribution is 0.0734. The number of carbonyl (C=O) groups is 1. The molecule has 1 N–H and O–H groups in total. The van der Waals surface area contributed by atoms with Crippen molar-refractivity contribution in [2.24, 2.45) is 0 Å². The van der Waals surface area contributed by atoms with E-state index in [-0.39, 0.29) is 23.1 Å². The summed E-state index contributed by atoms with van der Waals surface area (Å²) in [5, 5.41) is 0. The molecule has 3 rings (SSSR count). The molecule has 5 heteroatoms. The third-order valence-corrected chi connectivity index (χ3v) is 4.55. The molecule has 0 saturated carbocycles. The molecular weight excluding hydrogens is 304 g/mol. The summed E-state index contributed by atoms with van der Waals surface area (Å²) in [7, 11) is 1.64. The van der Waals surface area contributed by atoms with Gasteiger partial charge in [0.15, 0.2) is 0 Å². The van der Waals surface area contributed by atoms with Crippen molar-refractivity contribution < 1.29 is 9.53 Å². The average molecular weight is 326 g/mol. The van der Waals surface area contributed by atoms with Gasteiger partial charge in [0, 0.05) is 18.3 Å². The molecule has 2 aromatic rings. The number of methoxy groups -OCH3 is 1. The first-order chi connectivity index (χ1) is 11.6. The van der Waals surface area contributed by atoms with E-state index < -0.39 is 0 Å². The van der Waals surface area contributed by atoms with Crippen LogP contribution >= 0.6 is 0 Å². The van der Waals surface area contributed by atoms with Gasteiger partial charge in [-0.2, -0.15) is 0 Å². The summed E-state index contributed by atoms with van der Waals surface area (Å²) in [5.74, 6) is 0.650. The Labute approximate surface area is 141 Å². The lowest BCUT2D eigenvalue weighted by atomic mass is 10.0. The molecular formula is C19H22N2O3. The van der Waals surface area contributed by atoms with Crippen molar-refractivity contribution in [3.05, 3.63) is 63.6 Å². The van der Waals surface area contributed by atoms with E-state index in [1.54, 1.807) is 26.2 Å². The van der Waals surface area contributed by atoms with Crippen LogP contribution in [-0.2, 0) is 6.42 Å². The molecule has 1 aromatic carbocycles. The highest BCUT2D eigenvalue weighted by molar-refractivity contribution is 5.94. The van der Waals surface area contributed by atoms with Crippen LogP contribution in [0.25, 0.3) is 0 Å². The first-order valence-corrected chi connectivity index (χ1v) is 8.22. The number of benzene rings is 1. The van der Waals surface area contributed by atoms with Crippen LogP contribution in [0.1, 0.15) is 34.5 Å². The summed E-state index contributed by atoms with van der Waals surface area (Å²) < 4.78 is 5.18. The maximum absolute atomic E-state index is 12.8. The van der Waals surface area contributed by atoms with E-state index in [2.05, 4.69) is 4.98 Å². The number of nitrogens with one attached hydrogen (secondary N) is 1. The third kappa shape index (κ3) is 3.35. The Morgan fingerprint density at radius 3 is 2.67 bits per heavy atom. The molecule has 126 valence electrons. The summed E-state index contributed by atoms with van der Waals surface area (Å²) in [5.41, 5.74) is 1.84. The van der Waals surface area contributed by atoms with Crippen molar-refractivity contribution in [2.45, 2.75) is 32.2 Å². The summed E-state index contributed by atoms with van der Waals surface area (Å²) >= 11 is 0. The van der Waals surface area contributed by atoms with Crippen LogP contribution in [0, 0.1) is 6.92 Å². The molecule has 1 aliphatic heterocycles. The summed E-state index contributed by atoms with van der Waals surface area (Å²) in [4.78, 5) is 29.4. The molecule has 1 aliphatic rings. The number of ether oxygens (including phenoxy) is 1. The predicted octanol–water partition coefficient (Wildman–Crippen LogP) is 2.54. The van der Waals surface area contributed by atoms with Gasteiger partial charge in [-0.25, -0.2) is 0 Å². The molecule has 1 fully saturated rings. The van der Waals surface area contributed by atoms with Gasteiger partial charge >= 0.3 is 0 Å². The Balaban J connectivity index is 1.76. The van der Waals surface area contributed by atoms with Crippen molar-refractivity contribution in [3.63, 3.8) is 0 Å². The zero-order chi connectivity index (χ0) is 17.1. The van der Waals surface area contributed by atoms with E-state index >= 15 is 0 Å². The summed E-state index contributed by atoms with van der Waals surface area (Å²) in [6.07, 6.45) is 2.72. The van der Waals surface area contributed by atoms with E-state index in [9.17, 15) is 9.59 Å². The normalized spacial score (nSPS) is 17.1. The van der Waals surface area contributed by atoms with Crippen LogP contribution in [0.15, 0.2) is 41.2 Å². The number of nitrogens with zero attached hydrogens (tertiary/aromatic N) is 1. The molecule has 1 atom stereocenters. The Morgan fingerprint density at radius 1 is 1.25 bits per heavy atom. The smallest absolute Gasteiger partial charge is 0.260 e.